The quantitative estimate of drug-likeness (QED) is 0.331. The Bertz CT molecular complexity index is 1000. The van der Waals surface area contributed by atoms with Crippen LogP contribution in [-0.2, 0) is 16.4 Å². The Morgan fingerprint density at radius 2 is 1.70 bits per heavy atom. The van der Waals surface area contributed by atoms with Gasteiger partial charge in [0.1, 0.15) is 5.75 Å². The summed E-state index contributed by atoms with van der Waals surface area (Å²) < 4.78 is 28.5. The molecule has 0 radical (unpaired) electrons. The summed E-state index contributed by atoms with van der Waals surface area (Å²) in [4.78, 5) is 16.6. The van der Waals surface area contributed by atoms with Gasteiger partial charge in [-0.2, -0.15) is 0 Å². The summed E-state index contributed by atoms with van der Waals surface area (Å²) in [5.41, 5.74) is 2.21. The Labute approximate surface area is 177 Å². The van der Waals surface area contributed by atoms with Crippen LogP contribution in [0.15, 0.2) is 52.4 Å². The van der Waals surface area contributed by atoms with Crippen LogP contribution in [0.4, 0.5) is 0 Å². The molecule has 2 rings (SSSR count). The Morgan fingerprint density at radius 3 is 2.27 bits per heavy atom. The van der Waals surface area contributed by atoms with Crippen LogP contribution >= 0.6 is 0 Å². The van der Waals surface area contributed by atoms with Crippen molar-refractivity contribution in [3.63, 3.8) is 0 Å². The van der Waals surface area contributed by atoms with Crippen LogP contribution in [0, 0.1) is 6.92 Å². The van der Waals surface area contributed by atoms with E-state index in [4.69, 9.17) is 4.74 Å². The number of aryl methyl sites for hydroxylation is 1. The van der Waals surface area contributed by atoms with E-state index in [2.05, 4.69) is 20.9 Å². The molecule has 0 aliphatic heterocycles. The van der Waals surface area contributed by atoms with Crippen molar-refractivity contribution in [2.75, 3.05) is 33.5 Å². The molecule has 0 heterocycles. The number of hydrogen-bond donors (Lipinski definition) is 3. The number of amides is 1. The summed E-state index contributed by atoms with van der Waals surface area (Å²) in [6.07, 6.45) is 1.20. The summed E-state index contributed by atoms with van der Waals surface area (Å²) in [5, 5.41) is 9.13. The van der Waals surface area contributed by atoms with Crippen molar-refractivity contribution in [1.82, 2.24) is 16.0 Å². The molecule has 2 aromatic carbocycles. The minimum atomic E-state index is -3.23. The second-order valence-electron chi connectivity index (χ2n) is 6.71. The van der Waals surface area contributed by atoms with E-state index < -0.39 is 9.84 Å². The molecule has 0 unspecified atom stereocenters. The van der Waals surface area contributed by atoms with Gasteiger partial charge >= 0.3 is 0 Å². The lowest BCUT2D eigenvalue weighted by Gasteiger charge is -2.13. The number of methoxy groups -OCH3 is 1. The summed E-state index contributed by atoms with van der Waals surface area (Å²) >= 11 is 0. The third-order valence-electron chi connectivity index (χ3n) is 4.38. The highest BCUT2D eigenvalue weighted by Gasteiger charge is 2.11. The van der Waals surface area contributed by atoms with Gasteiger partial charge in [0.05, 0.1) is 12.0 Å². The lowest BCUT2D eigenvalue weighted by Crippen LogP contribution is -2.41. The first-order chi connectivity index (χ1) is 14.2. The molecule has 0 aliphatic rings. The number of nitrogens with zero attached hydrogens (tertiary/aromatic N) is 1. The normalized spacial score (nSPS) is 11.7. The molecule has 0 aliphatic carbocycles. The second-order valence-corrected chi connectivity index (χ2v) is 8.69. The van der Waals surface area contributed by atoms with Crippen molar-refractivity contribution in [3.05, 3.63) is 59.2 Å². The standard InChI is InChI=1S/C21H28N4O4S/c1-15-13-16(5-10-19(15)30(4,27)28)14-25-21(22-2)24-12-11-23-20(26)17-6-8-18(29-3)9-7-17/h5-10,13H,11-12,14H2,1-4H3,(H,23,26)(H2,22,24,25). The van der Waals surface area contributed by atoms with Gasteiger partial charge in [-0.25, -0.2) is 8.42 Å². The van der Waals surface area contributed by atoms with Crippen LogP contribution < -0.4 is 20.7 Å². The molecule has 0 saturated carbocycles. The van der Waals surface area contributed by atoms with Gasteiger partial charge in [-0.05, 0) is 48.4 Å². The van der Waals surface area contributed by atoms with E-state index in [1.54, 1.807) is 57.5 Å². The molecule has 0 atom stereocenters. The summed E-state index contributed by atoms with van der Waals surface area (Å²) in [5.74, 6) is 1.12. The van der Waals surface area contributed by atoms with E-state index >= 15 is 0 Å². The lowest BCUT2D eigenvalue weighted by molar-refractivity contribution is 0.0954. The minimum absolute atomic E-state index is 0.163. The van der Waals surface area contributed by atoms with Crippen molar-refractivity contribution < 1.29 is 17.9 Å². The predicted molar refractivity (Wildman–Crippen MR) is 118 cm³/mol. The summed E-state index contributed by atoms with van der Waals surface area (Å²) in [6, 6.07) is 12.1. The Kier molecular flexibility index (Phi) is 8.23. The third-order valence-corrected chi connectivity index (χ3v) is 5.63. The molecular weight excluding hydrogens is 404 g/mol. The third kappa shape index (κ3) is 6.77. The van der Waals surface area contributed by atoms with Crippen LogP contribution in [0.5, 0.6) is 5.75 Å². The molecule has 1 amide bonds. The molecular formula is C21H28N4O4S. The molecule has 0 saturated heterocycles. The molecule has 2 aromatic rings. The average molecular weight is 433 g/mol. The van der Waals surface area contributed by atoms with Crippen LogP contribution in [0.3, 0.4) is 0 Å². The van der Waals surface area contributed by atoms with Crippen LogP contribution in [-0.4, -0.2) is 53.8 Å². The van der Waals surface area contributed by atoms with Crippen LogP contribution in [0.2, 0.25) is 0 Å². The van der Waals surface area contributed by atoms with E-state index in [-0.39, 0.29) is 5.91 Å². The van der Waals surface area contributed by atoms with E-state index in [1.165, 1.54) is 6.26 Å². The smallest absolute Gasteiger partial charge is 0.251 e. The average Bonchev–Trinajstić information content (AvgIpc) is 2.72. The Balaban J connectivity index is 1.78. The van der Waals surface area contributed by atoms with Crippen molar-refractivity contribution in [2.24, 2.45) is 4.99 Å². The van der Waals surface area contributed by atoms with Gasteiger partial charge in [-0.1, -0.05) is 12.1 Å². The van der Waals surface area contributed by atoms with Gasteiger partial charge in [0.25, 0.3) is 5.91 Å². The van der Waals surface area contributed by atoms with E-state index in [0.29, 0.717) is 47.4 Å². The van der Waals surface area contributed by atoms with Crippen LogP contribution in [0.1, 0.15) is 21.5 Å². The maximum absolute atomic E-state index is 12.1. The number of guanidine groups is 1. The number of nitrogens with one attached hydrogen (secondary N) is 3. The Morgan fingerprint density at radius 1 is 1.03 bits per heavy atom. The fourth-order valence-electron chi connectivity index (χ4n) is 2.85. The molecule has 3 N–H and O–H groups in total. The molecule has 0 fully saturated rings. The molecule has 0 aromatic heterocycles. The second kappa shape index (κ2) is 10.6. The van der Waals surface area contributed by atoms with Crippen molar-refractivity contribution >= 4 is 21.7 Å². The SMILES string of the molecule is CN=C(NCCNC(=O)c1ccc(OC)cc1)NCc1ccc(S(C)(=O)=O)c(C)c1. The number of carbonyl (C=O) groups is 1. The Hall–Kier alpha value is -3.07. The zero-order valence-corrected chi connectivity index (χ0v) is 18.5. The number of sulfone groups is 1. The van der Waals surface area contributed by atoms with Gasteiger partial charge < -0.3 is 20.7 Å². The molecule has 8 nitrogen and oxygen atoms in total. The van der Waals surface area contributed by atoms with Gasteiger partial charge in [-0.3, -0.25) is 9.79 Å². The maximum atomic E-state index is 12.1. The first kappa shape index (κ1) is 23.2. The highest BCUT2D eigenvalue weighted by molar-refractivity contribution is 7.90. The number of aliphatic imine (C=N–C) groups is 1. The predicted octanol–water partition coefficient (Wildman–Crippen LogP) is 1.50. The fourth-order valence-corrected chi connectivity index (χ4v) is 3.80. The highest BCUT2D eigenvalue weighted by atomic mass is 32.2. The maximum Gasteiger partial charge on any atom is 0.251 e. The molecule has 0 spiro atoms. The van der Waals surface area contributed by atoms with Gasteiger partial charge in [0.15, 0.2) is 15.8 Å². The largest absolute Gasteiger partial charge is 0.497 e. The zero-order valence-electron chi connectivity index (χ0n) is 17.7. The lowest BCUT2D eigenvalue weighted by atomic mass is 10.1. The van der Waals surface area contributed by atoms with Crippen LogP contribution in [0.25, 0.3) is 0 Å². The van der Waals surface area contributed by atoms with Crippen molar-refractivity contribution in [2.45, 2.75) is 18.4 Å². The fraction of sp³-hybridized carbons (Fsp3) is 0.333. The number of rotatable bonds is 8. The monoisotopic (exact) mass is 432 g/mol. The van der Waals surface area contributed by atoms with E-state index in [9.17, 15) is 13.2 Å². The molecule has 0 bridgehead atoms. The summed E-state index contributed by atoms with van der Waals surface area (Å²) in [7, 11) is 0.00377. The van der Waals surface area contributed by atoms with E-state index in [0.717, 1.165) is 5.56 Å². The highest BCUT2D eigenvalue weighted by Crippen LogP contribution is 2.16. The van der Waals surface area contributed by atoms with Gasteiger partial charge in [0.2, 0.25) is 0 Å². The number of ether oxygens (including phenoxy) is 1. The minimum Gasteiger partial charge on any atom is -0.497 e. The first-order valence-electron chi connectivity index (χ1n) is 9.41. The number of hydrogen-bond acceptors (Lipinski definition) is 5. The first-order valence-corrected chi connectivity index (χ1v) is 11.3. The van der Waals surface area contributed by atoms with Gasteiger partial charge in [-0.15, -0.1) is 0 Å². The van der Waals surface area contributed by atoms with E-state index in [1.807, 2.05) is 6.07 Å². The van der Waals surface area contributed by atoms with Gasteiger partial charge in [0, 0.05) is 38.5 Å². The number of benzene rings is 2. The van der Waals surface area contributed by atoms with Crippen molar-refractivity contribution in [3.8, 4) is 5.75 Å². The molecule has 9 heteroatoms. The number of carbonyl (C=O) groups excluding carboxylic acids is 1. The molecule has 162 valence electrons. The summed E-state index contributed by atoms with van der Waals surface area (Å²) in [6.45, 7) is 3.18. The zero-order chi connectivity index (χ0) is 22.1. The topological polar surface area (TPSA) is 109 Å². The molecule has 30 heavy (non-hydrogen) atoms. The van der Waals surface area contributed by atoms with Crippen molar-refractivity contribution in [1.29, 1.82) is 0 Å².